The molecule has 3 aliphatic rings. The average molecular weight is 574 g/mol. The van der Waals surface area contributed by atoms with Gasteiger partial charge < -0.3 is 4.90 Å². The van der Waals surface area contributed by atoms with Crippen LogP contribution in [0, 0.1) is 0 Å². The molecular formula is C42H27N3. The van der Waals surface area contributed by atoms with Crippen LogP contribution >= 0.6 is 0 Å². The summed E-state index contributed by atoms with van der Waals surface area (Å²) in [6, 6.07) is 52.7. The van der Waals surface area contributed by atoms with E-state index in [1.54, 1.807) is 0 Å². The number of para-hydroxylation sites is 1. The van der Waals surface area contributed by atoms with E-state index in [9.17, 15) is 0 Å². The zero-order chi connectivity index (χ0) is 29.5. The number of rotatable bonds is 2. The Hall–Kier alpha value is -5.80. The quantitative estimate of drug-likeness (QED) is 0.206. The van der Waals surface area contributed by atoms with Crippen LogP contribution in [0.1, 0.15) is 27.8 Å². The molecule has 2 heterocycles. The number of fused-ring (bicyclic) bond motifs is 13. The van der Waals surface area contributed by atoms with Crippen LogP contribution in [0.25, 0.3) is 44.9 Å². The molecule has 210 valence electrons. The molecule has 0 atom stereocenters. The molecule has 7 aromatic rings. The van der Waals surface area contributed by atoms with Crippen molar-refractivity contribution in [3.8, 4) is 44.9 Å². The second-order valence-electron chi connectivity index (χ2n) is 12.2. The lowest BCUT2D eigenvalue weighted by Gasteiger charge is -2.34. The first-order valence-electron chi connectivity index (χ1n) is 15.5. The van der Waals surface area contributed by atoms with Gasteiger partial charge in [0, 0.05) is 46.4 Å². The number of anilines is 2. The van der Waals surface area contributed by atoms with E-state index in [4.69, 9.17) is 9.97 Å². The van der Waals surface area contributed by atoms with Crippen LogP contribution in [0.4, 0.5) is 11.4 Å². The highest BCUT2D eigenvalue weighted by atomic mass is 15.1. The molecular weight excluding hydrogens is 546 g/mol. The van der Waals surface area contributed by atoms with Gasteiger partial charge in [-0.15, -0.1) is 0 Å². The van der Waals surface area contributed by atoms with E-state index in [2.05, 4.69) is 138 Å². The average Bonchev–Trinajstić information content (AvgIpc) is 3.58. The fourth-order valence-electron chi connectivity index (χ4n) is 8.11. The van der Waals surface area contributed by atoms with E-state index in [0.717, 1.165) is 29.2 Å². The number of benzene rings is 6. The Kier molecular flexibility index (Phi) is 4.98. The molecule has 0 saturated carbocycles. The molecule has 0 amide bonds. The van der Waals surface area contributed by atoms with Gasteiger partial charge in [-0.1, -0.05) is 127 Å². The third kappa shape index (κ3) is 3.25. The Morgan fingerprint density at radius 1 is 0.511 bits per heavy atom. The minimum Gasteiger partial charge on any atom is -0.336 e. The summed E-state index contributed by atoms with van der Waals surface area (Å²) in [6.07, 6.45) is 2.09. The summed E-state index contributed by atoms with van der Waals surface area (Å²) in [7, 11) is 0. The van der Waals surface area contributed by atoms with Crippen LogP contribution in [-0.4, -0.2) is 9.97 Å². The summed E-state index contributed by atoms with van der Waals surface area (Å²) in [5.41, 5.74) is 16.6. The second-order valence-corrected chi connectivity index (χ2v) is 12.2. The molecule has 0 N–H and O–H groups in total. The van der Waals surface area contributed by atoms with Crippen molar-refractivity contribution in [3.05, 3.63) is 180 Å². The second kappa shape index (κ2) is 9.10. The monoisotopic (exact) mass is 573 g/mol. The predicted molar refractivity (Wildman–Crippen MR) is 181 cm³/mol. The molecule has 0 saturated heterocycles. The van der Waals surface area contributed by atoms with E-state index < -0.39 is 5.41 Å². The summed E-state index contributed by atoms with van der Waals surface area (Å²) in [6.45, 7) is 0.817. The van der Waals surface area contributed by atoms with Crippen LogP contribution in [0.15, 0.2) is 152 Å². The van der Waals surface area contributed by atoms with Gasteiger partial charge in [-0.3, -0.25) is 0 Å². The van der Waals surface area contributed by atoms with Crippen LogP contribution in [0.2, 0.25) is 0 Å². The van der Waals surface area contributed by atoms with Crippen molar-refractivity contribution in [2.75, 3.05) is 4.90 Å². The molecule has 6 aromatic carbocycles. The van der Waals surface area contributed by atoms with E-state index >= 15 is 0 Å². The first-order chi connectivity index (χ1) is 22.3. The largest absolute Gasteiger partial charge is 0.336 e. The normalized spacial score (nSPS) is 14.3. The summed E-state index contributed by atoms with van der Waals surface area (Å²) in [5, 5.41) is 0. The van der Waals surface area contributed by atoms with Crippen molar-refractivity contribution in [2.45, 2.75) is 12.0 Å². The van der Waals surface area contributed by atoms with E-state index in [1.807, 2.05) is 18.2 Å². The molecule has 1 aliphatic heterocycles. The van der Waals surface area contributed by atoms with Gasteiger partial charge in [0.2, 0.25) is 0 Å². The lowest BCUT2D eigenvalue weighted by molar-refractivity contribution is 0.784. The Bertz CT molecular complexity index is 2270. The third-order valence-electron chi connectivity index (χ3n) is 9.98. The molecule has 1 aromatic heterocycles. The van der Waals surface area contributed by atoms with Crippen molar-refractivity contribution in [2.24, 2.45) is 0 Å². The van der Waals surface area contributed by atoms with E-state index in [0.29, 0.717) is 0 Å². The summed E-state index contributed by atoms with van der Waals surface area (Å²) >= 11 is 0. The van der Waals surface area contributed by atoms with Gasteiger partial charge in [0.15, 0.2) is 5.82 Å². The molecule has 0 unspecified atom stereocenters. The summed E-state index contributed by atoms with van der Waals surface area (Å²) < 4.78 is 0. The van der Waals surface area contributed by atoms with Gasteiger partial charge in [-0.25, -0.2) is 9.97 Å². The van der Waals surface area contributed by atoms with Crippen LogP contribution < -0.4 is 4.90 Å². The minimum absolute atomic E-state index is 0.504. The van der Waals surface area contributed by atoms with Crippen LogP contribution in [0.5, 0.6) is 0 Å². The lowest BCUT2D eigenvalue weighted by Crippen LogP contribution is -2.27. The molecule has 2 aliphatic carbocycles. The van der Waals surface area contributed by atoms with Gasteiger partial charge in [0.05, 0.1) is 11.1 Å². The van der Waals surface area contributed by atoms with Crippen LogP contribution in [0.3, 0.4) is 0 Å². The Morgan fingerprint density at radius 2 is 1.16 bits per heavy atom. The van der Waals surface area contributed by atoms with Crippen molar-refractivity contribution in [3.63, 3.8) is 0 Å². The maximum Gasteiger partial charge on any atom is 0.159 e. The Labute approximate surface area is 262 Å². The van der Waals surface area contributed by atoms with Crippen molar-refractivity contribution in [1.82, 2.24) is 9.97 Å². The Balaban J connectivity index is 1.26. The van der Waals surface area contributed by atoms with Crippen molar-refractivity contribution >= 4 is 11.4 Å². The maximum atomic E-state index is 5.31. The molecule has 45 heavy (non-hydrogen) atoms. The highest BCUT2D eigenvalue weighted by molar-refractivity contribution is 5.95. The van der Waals surface area contributed by atoms with Crippen molar-refractivity contribution < 1.29 is 0 Å². The highest BCUT2D eigenvalue weighted by Crippen LogP contribution is 2.63. The standard InChI is InChI=1S/C42H27N3/c1-2-12-27(13-3-1)41-43-25-38-40(44-41)34-23-22-29(45-26-28-14-4-5-15-30(28)33-18-8-11-21-39(33)45)24-37(34)42(38)35-19-9-6-16-31(35)32-17-7-10-20-36(32)42/h1-25H,26H2. The Morgan fingerprint density at radius 3 is 1.93 bits per heavy atom. The topological polar surface area (TPSA) is 29.0 Å². The van der Waals surface area contributed by atoms with Gasteiger partial charge in [0.25, 0.3) is 0 Å². The third-order valence-corrected chi connectivity index (χ3v) is 9.98. The smallest absolute Gasteiger partial charge is 0.159 e. The molecule has 3 heteroatoms. The van der Waals surface area contributed by atoms with Crippen LogP contribution in [-0.2, 0) is 12.0 Å². The number of hydrogen-bond donors (Lipinski definition) is 0. The zero-order valence-electron chi connectivity index (χ0n) is 24.5. The number of nitrogens with zero attached hydrogens (tertiary/aromatic N) is 3. The van der Waals surface area contributed by atoms with E-state index in [-0.39, 0.29) is 0 Å². The molecule has 1 spiro atoms. The van der Waals surface area contributed by atoms with Gasteiger partial charge in [0.1, 0.15) is 0 Å². The fourth-order valence-corrected chi connectivity index (χ4v) is 8.11. The minimum atomic E-state index is -0.504. The highest BCUT2D eigenvalue weighted by Gasteiger charge is 2.52. The first kappa shape index (κ1) is 24.6. The van der Waals surface area contributed by atoms with Crippen molar-refractivity contribution in [1.29, 1.82) is 0 Å². The van der Waals surface area contributed by atoms with Gasteiger partial charge in [-0.2, -0.15) is 0 Å². The fraction of sp³-hybridized carbons (Fsp3) is 0.0476. The maximum absolute atomic E-state index is 5.31. The first-order valence-corrected chi connectivity index (χ1v) is 15.5. The SMILES string of the molecule is c1ccc(-c2ncc3c(n2)-c2ccc(N4Cc5ccccc5-c5ccccc54)cc2C32c3ccccc3-c3ccccc32)cc1. The predicted octanol–water partition coefficient (Wildman–Crippen LogP) is 9.81. The molecule has 3 nitrogen and oxygen atoms in total. The molecule has 0 fully saturated rings. The lowest BCUT2D eigenvalue weighted by atomic mass is 9.71. The van der Waals surface area contributed by atoms with Gasteiger partial charge in [-0.05, 0) is 57.1 Å². The van der Waals surface area contributed by atoms with E-state index in [1.165, 1.54) is 61.4 Å². The molecule has 0 bridgehead atoms. The number of aromatic nitrogens is 2. The summed E-state index contributed by atoms with van der Waals surface area (Å²) in [5.74, 6) is 0.752. The number of hydrogen-bond acceptors (Lipinski definition) is 3. The molecule has 10 rings (SSSR count). The zero-order valence-corrected chi connectivity index (χ0v) is 24.5. The summed E-state index contributed by atoms with van der Waals surface area (Å²) in [4.78, 5) is 12.8. The molecule has 0 radical (unpaired) electrons. The van der Waals surface area contributed by atoms with Gasteiger partial charge >= 0.3 is 0 Å².